The SMILES string of the molecule is [11CH3]N(CCO)C(=O)c1ccc(C(=C2CCN(Cc3cscn3)CC2)c2cccc3cccnc23)cc1. The van der Waals surface area contributed by atoms with Crippen LogP contribution in [0.15, 0.2) is 77.3 Å². The van der Waals surface area contributed by atoms with Crippen LogP contribution in [0, 0.1) is 0 Å². The van der Waals surface area contributed by atoms with Gasteiger partial charge in [0.25, 0.3) is 5.91 Å². The van der Waals surface area contributed by atoms with Crippen molar-refractivity contribution < 1.29 is 9.90 Å². The minimum Gasteiger partial charge on any atom is -0.395 e. The van der Waals surface area contributed by atoms with E-state index in [1.54, 1.807) is 23.3 Å². The van der Waals surface area contributed by atoms with Crippen molar-refractivity contribution in [2.24, 2.45) is 0 Å². The Hall–Kier alpha value is -3.39. The number of aliphatic hydroxyl groups excluding tert-OH is 1. The number of benzene rings is 2. The van der Waals surface area contributed by atoms with Crippen LogP contribution in [0.5, 0.6) is 0 Å². The van der Waals surface area contributed by atoms with Crippen molar-refractivity contribution in [2.45, 2.75) is 19.4 Å². The van der Waals surface area contributed by atoms with Gasteiger partial charge >= 0.3 is 0 Å². The molecule has 2 aromatic heterocycles. The molecule has 3 heterocycles. The lowest BCUT2D eigenvalue weighted by molar-refractivity contribution is 0.0767. The summed E-state index contributed by atoms with van der Waals surface area (Å²) < 4.78 is 0. The summed E-state index contributed by atoms with van der Waals surface area (Å²) in [5.74, 6) is -0.0908. The first-order chi connectivity index (χ1) is 17.6. The van der Waals surface area contributed by atoms with Gasteiger partial charge in [-0.05, 0) is 42.2 Å². The second kappa shape index (κ2) is 11.1. The summed E-state index contributed by atoms with van der Waals surface area (Å²) in [6, 6.07) is 18.3. The number of pyridine rings is 1. The van der Waals surface area contributed by atoms with Gasteiger partial charge in [0.2, 0.25) is 0 Å². The van der Waals surface area contributed by atoms with Crippen LogP contribution in [0.1, 0.15) is 40.0 Å². The molecule has 1 fully saturated rings. The topological polar surface area (TPSA) is 69.6 Å². The number of rotatable bonds is 7. The molecule has 1 saturated heterocycles. The van der Waals surface area contributed by atoms with Crippen molar-refractivity contribution in [1.29, 1.82) is 0 Å². The van der Waals surface area contributed by atoms with Crippen molar-refractivity contribution in [3.05, 3.63) is 99.6 Å². The van der Waals surface area contributed by atoms with Gasteiger partial charge in [0.05, 0.1) is 23.3 Å². The molecule has 4 aromatic rings. The number of thiazole rings is 1. The number of hydrogen-bond donors (Lipinski definition) is 1. The van der Waals surface area contributed by atoms with Crippen LogP contribution in [0.3, 0.4) is 0 Å². The lowest BCUT2D eigenvalue weighted by Crippen LogP contribution is -2.30. The standard InChI is InChI=1S/C29H30N4O2S/c1-32(16-17-34)29(35)24-9-7-21(8-10-24)27(26-6-2-4-23-5-3-13-30-28(23)26)22-11-14-33(15-12-22)18-25-19-36-20-31-25/h2-10,13,19-20,34H,11-12,14-18H2,1H3/i1-1. The molecule has 1 aliphatic heterocycles. The van der Waals surface area contributed by atoms with E-state index >= 15 is 0 Å². The van der Waals surface area contributed by atoms with Crippen LogP contribution < -0.4 is 0 Å². The molecular formula is C29H30N4O2S. The summed E-state index contributed by atoms with van der Waals surface area (Å²) in [5.41, 5.74) is 9.51. The quantitative estimate of drug-likeness (QED) is 0.395. The predicted octanol–water partition coefficient (Wildman–Crippen LogP) is 4.85. The summed E-state index contributed by atoms with van der Waals surface area (Å²) in [7, 11) is 1.71. The van der Waals surface area contributed by atoms with Crippen LogP contribution in [0.4, 0.5) is 0 Å². The Bertz CT molecular complexity index is 1350. The highest BCUT2D eigenvalue weighted by Gasteiger charge is 2.21. The van der Waals surface area contributed by atoms with E-state index in [0.29, 0.717) is 12.1 Å². The van der Waals surface area contributed by atoms with E-state index in [1.165, 1.54) is 11.1 Å². The normalized spacial score (nSPS) is 14.2. The van der Waals surface area contributed by atoms with E-state index in [0.717, 1.165) is 60.2 Å². The number of carbonyl (C=O) groups is 1. The molecule has 0 unspecified atom stereocenters. The van der Waals surface area contributed by atoms with E-state index in [4.69, 9.17) is 4.98 Å². The number of aromatic nitrogens is 2. The maximum Gasteiger partial charge on any atom is 0.253 e. The second-order valence-corrected chi connectivity index (χ2v) is 9.86. The smallest absolute Gasteiger partial charge is 0.253 e. The Labute approximate surface area is 215 Å². The van der Waals surface area contributed by atoms with Crippen molar-refractivity contribution in [1.82, 2.24) is 19.8 Å². The van der Waals surface area contributed by atoms with Gasteiger partial charge in [-0.3, -0.25) is 14.7 Å². The average Bonchev–Trinajstić information content (AvgIpc) is 3.43. The number of fused-ring (bicyclic) bond motifs is 1. The first-order valence-corrected chi connectivity index (χ1v) is 13.2. The van der Waals surface area contributed by atoms with E-state index < -0.39 is 0 Å². The molecule has 0 saturated carbocycles. The van der Waals surface area contributed by atoms with Crippen molar-refractivity contribution in [2.75, 3.05) is 33.3 Å². The molecule has 36 heavy (non-hydrogen) atoms. The lowest BCUT2D eigenvalue weighted by atomic mass is 9.87. The zero-order chi connectivity index (χ0) is 24.9. The van der Waals surface area contributed by atoms with Gasteiger partial charge in [-0.15, -0.1) is 11.3 Å². The van der Waals surface area contributed by atoms with Gasteiger partial charge in [-0.1, -0.05) is 42.0 Å². The fraction of sp³-hybridized carbons (Fsp3) is 0.276. The molecular weight excluding hydrogens is 467 g/mol. The number of hydrogen-bond acceptors (Lipinski definition) is 6. The summed E-state index contributed by atoms with van der Waals surface area (Å²) >= 11 is 1.64. The Morgan fingerprint density at radius 3 is 2.50 bits per heavy atom. The van der Waals surface area contributed by atoms with E-state index in [2.05, 4.69) is 39.5 Å². The third-order valence-corrected chi connectivity index (χ3v) is 7.42. The Balaban J connectivity index is 1.50. The number of carbonyl (C=O) groups excluding carboxylic acids is 1. The molecule has 7 heteroatoms. The van der Waals surface area contributed by atoms with E-state index in [9.17, 15) is 9.90 Å². The molecule has 1 N–H and O–H groups in total. The molecule has 1 aliphatic rings. The molecule has 1 amide bonds. The summed E-state index contributed by atoms with van der Waals surface area (Å²) in [4.78, 5) is 25.9. The molecule has 0 aliphatic carbocycles. The molecule has 0 radical (unpaired) electrons. The molecule has 2 aromatic carbocycles. The Kier molecular flexibility index (Phi) is 7.51. The van der Waals surface area contributed by atoms with Crippen molar-refractivity contribution >= 4 is 33.7 Å². The maximum atomic E-state index is 12.7. The van der Waals surface area contributed by atoms with E-state index in [-0.39, 0.29) is 12.5 Å². The third-order valence-electron chi connectivity index (χ3n) is 6.79. The lowest BCUT2D eigenvalue weighted by Gasteiger charge is -2.30. The highest BCUT2D eigenvalue weighted by Crippen LogP contribution is 2.35. The minimum absolute atomic E-state index is 0.0514. The molecule has 5 rings (SSSR count). The van der Waals surface area contributed by atoms with E-state index in [1.807, 2.05) is 42.0 Å². The number of likely N-dealkylation sites (N-methyl/N-ethyl adjacent to an activating group) is 1. The zero-order valence-electron chi connectivity index (χ0n) is 20.4. The fourth-order valence-corrected chi connectivity index (χ4v) is 5.43. The number of nitrogens with zero attached hydrogens (tertiary/aromatic N) is 4. The molecule has 184 valence electrons. The first kappa shape index (κ1) is 24.3. The summed E-state index contributed by atoms with van der Waals surface area (Å²) in [6.45, 7) is 3.12. The molecule has 6 nitrogen and oxygen atoms in total. The van der Waals surface area contributed by atoms with Crippen molar-refractivity contribution in [3.8, 4) is 0 Å². The van der Waals surface area contributed by atoms with Crippen molar-refractivity contribution in [3.63, 3.8) is 0 Å². The monoisotopic (exact) mass is 497 g/mol. The van der Waals surface area contributed by atoms with Gasteiger partial charge < -0.3 is 10.0 Å². The average molecular weight is 498 g/mol. The third kappa shape index (κ3) is 5.23. The molecule has 0 spiro atoms. The Morgan fingerprint density at radius 2 is 1.78 bits per heavy atom. The fourth-order valence-electron chi connectivity index (χ4n) is 4.88. The van der Waals surface area contributed by atoms with Gasteiger partial charge in [0.15, 0.2) is 0 Å². The summed E-state index contributed by atoms with van der Waals surface area (Å²) in [6.07, 6.45) is 3.80. The van der Waals surface area contributed by atoms with Gasteiger partial charge in [-0.25, -0.2) is 4.98 Å². The van der Waals surface area contributed by atoms with Gasteiger partial charge in [0, 0.05) is 61.3 Å². The largest absolute Gasteiger partial charge is 0.395 e. The number of aliphatic hydroxyl groups is 1. The van der Waals surface area contributed by atoms with Gasteiger partial charge in [-0.2, -0.15) is 0 Å². The number of likely N-dealkylation sites (tertiary alicyclic amines) is 1. The summed E-state index contributed by atoms with van der Waals surface area (Å²) in [5, 5.41) is 12.4. The van der Waals surface area contributed by atoms with Crippen LogP contribution in [0.2, 0.25) is 0 Å². The minimum atomic E-state index is -0.0908. The van der Waals surface area contributed by atoms with Crippen LogP contribution in [-0.2, 0) is 6.54 Å². The van der Waals surface area contributed by atoms with Crippen LogP contribution in [-0.4, -0.2) is 64.1 Å². The first-order valence-electron chi connectivity index (χ1n) is 12.3. The number of para-hydroxylation sites is 1. The zero-order valence-corrected chi connectivity index (χ0v) is 21.2. The molecule has 0 atom stereocenters. The predicted molar refractivity (Wildman–Crippen MR) is 145 cm³/mol. The Morgan fingerprint density at radius 1 is 1.03 bits per heavy atom. The number of piperidine rings is 1. The highest BCUT2D eigenvalue weighted by atomic mass is 32.1. The highest BCUT2D eigenvalue weighted by molar-refractivity contribution is 7.07. The van der Waals surface area contributed by atoms with Gasteiger partial charge in [0.1, 0.15) is 0 Å². The second-order valence-electron chi connectivity index (χ2n) is 9.14. The van der Waals surface area contributed by atoms with Crippen LogP contribution in [0.25, 0.3) is 16.5 Å². The molecule has 0 bridgehead atoms. The number of amides is 1. The maximum absolute atomic E-state index is 12.7. The van der Waals surface area contributed by atoms with Crippen LogP contribution >= 0.6 is 11.3 Å².